The third-order valence-corrected chi connectivity index (χ3v) is 3.67. The Bertz CT molecular complexity index is 757. The maximum atomic E-state index is 6.05. The summed E-state index contributed by atoms with van der Waals surface area (Å²) in [6, 6.07) is 18.1. The molecule has 3 aromatic rings. The monoisotopic (exact) mass is 305 g/mol. The summed E-state index contributed by atoms with van der Waals surface area (Å²) in [4.78, 5) is 8.81. The van der Waals surface area contributed by atoms with Crippen molar-refractivity contribution in [1.82, 2.24) is 9.97 Å². The number of anilines is 1. The molecular formula is C19H19N3O. The van der Waals surface area contributed by atoms with E-state index in [4.69, 9.17) is 4.74 Å². The number of ether oxygens (including phenoxy) is 1. The summed E-state index contributed by atoms with van der Waals surface area (Å²) in [5, 5.41) is 3.11. The molecule has 0 radical (unpaired) electrons. The molecular weight excluding hydrogens is 286 g/mol. The van der Waals surface area contributed by atoms with Crippen molar-refractivity contribution in [3.05, 3.63) is 72.6 Å². The standard InChI is InChI=1S/C19H19N3O/c1-14(15-6-4-3-5-7-15)23-19-18(21-12-13-22-19)16-8-10-17(20-2)11-9-16/h3-14,20H,1-2H3. The van der Waals surface area contributed by atoms with Gasteiger partial charge in [0.2, 0.25) is 5.88 Å². The Labute approximate surface area is 136 Å². The summed E-state index contributed by atoms with van der Waals surface area (Å²) in [5.41, 5.74) is 3.89. The summed E-state index contributed by atoms with van der Waals surface area (Å²) < 4.78 is 6.05. The first-order valence-electron chi connectivity index (χ1n) is 7.58. The smallest absolute Gasteiger partial charge is 0.241 e. The van der Waals surface area contributed by atoms with Gasteiger partial charge in [0.05, 0.1) is 0 Å². The highest BCUT2D eigenvalue weighted by atomic mass is 16.5. The molecule has 0 aliphatic rings. The van der Waals surface area contributed by atoms with Crippen LogP contribution in [0, 0.1) is 0 Å². The molecule has 0 saturated heterocycles. The van der Waals surface area contributed by atoms with Crippen LogP contribution in [0.5, 0.6) is 5.88 Å². The fourth-order valence-corrected chi connectivity index (χ4v) is 2.36. The van der Waals surface area contributed by atoms with E-state index in [1.54, 1.807) is 12.4 Å². The van der Waals surface area contributed by atoms with Crippen LogP contribution in [0.15, 0.2) is 67.0 Å². The molecule has 1 unspecified atom stereocenters. The summed E-state index contributed by atoms with van der Waals surface area (Å²) in [5.74, 6) is 0.543. The van der Waals surface area contributed by atoms with Crippen LogP contribution in [0.2, 0.25) is 0 Å². The van der Waals surface area contributed by atoms with Crippen LogP contribution >= 0.6 is 0 Å². The van der Waals surface area contributed by atoms with Gasteiger partial charge in [0.15, 0.2) is 0 Å². The minimum Gasteiger partial charge on any atom is -0.468 e. The molecule has 0 amide bonds. The van der Waals surface area contributed by atoms with Gasteiger partial charge in [-0.3, -0.25) is 0 Å². The summed E-state index contributed by atoms with van der Waals surface area (Å²) in [6.07, 6.45) is 3.24. The predicted molar refractivity (Wildman–Crippen MR) is 92.5 cm³/mol. The van der Waals surface area contributed by atoms with Gasteiger partial charge in [0, 0.05) is 30.7 Å². The van der Waals surface area contributed by atoms with E-state index in [1.807, 2.05) is 68.6 Å². The van der Waals surface area contributed by atoms with Crippen molar-refractivity contribution < 1.29 is 4.74 Å². The number of hydrogen-bond donors (Lipinski definition) is 1. The molecule has 23 heavy (non-hydrogen) atoms. The molecule has 0 aliphatic carbocycles. The van der Waals surface area contributed by atoms with Crippen molar-refractivity contribution in [2.24, 2.45) is 0 Å². The van der Waals surface area contributed by atoms with E-state index >= 15 is 0 Å². The predicted octanol–water partition coefficient (Wildman–Crippen LogP) is 4.33. The molecule has 0 bridgehead atoms. The molecule has 4 heteroatoms. The average Bonchev–Trinajstić information content (AvgIpc) is 2.63. The number of benzene rings is 2. The molecule has 0 spiro atoms. The lowest BCUT2D eigenvalue weighted by molar-refractivity contribution is 0.218. The molecule has 116 valence electrons. The summed E-state index contributed by atoms with van der Waals surface area (Å²) >= 11 is 0. The van der Waals surface area contributed by atoms with Crippen LogP contribution in [0.1, 0.15) is 18.6 Å². The maximum Gasteiger partial charge on any atom is 0.241 e. The van der Waals surface area contributed by atoms with E-state index in [0.29, 0.717) is 5.88 Å². The summed E-state index contributed by atoms with van der Waals surface area (Å²) in [6.45, 7) is 2.01. The molecule has 1 N–H and O–H groups in total. The Kier molecular flexibility index (Phi) is 4.52. The molecule has 1 heterocycles. The van der Waals surface area contributed by atoms with Crippen LogP contribution in [0.25, 0.3) is 11.3 Å². The normalized spacial score (nSPS) is 11.7. The van der Waals surface area contributed by atoms with Crippen molar-refractivity contribution in [2.75, 3.05) is 12.4 Å². The van der Waals surface area contributed by atoms with Gasteiger partial charge in [-0.1, -0.05) is 42.5 Å². The molecule has 4 nitrogen and oxygen atoms in total. The van der Waals surface area contributed by atoms with Gasteiger partial charge in [-0.15, -0.1) is 0 Å². The largest absolute Gasteiger partial charge is 0.468 e. The van der Waals surface area contributed by atoms with E-state index in [0.717, 1.165) is 22.5 Å². The molecule has 3 rings (SSSR count). The average molecular weight is 305 g/mol. The van der Waals surface area contributed by atoms with Gasteiger partial charge in [-0.25, -0.2) is 9.97 Å². The van der Waals surface area contributed by atoms with Gasteiger partial charge in [-0.2, -0.15) is 0 Å². The molecule has 1 aromatic heterocycles. The Morgan fingerprint density at radius 1 is 0.913 bits per heavy atom. The molecule has 0 aliphatic heterocycles. The van der Waals surface area contributed by atoms with Crippen LogP contribution < -0.4 is 10.1 Å². The number of rotatable bonds is 5. The van der Waals surface area contributed by atoms with Gasteiger partial charge in [0.25, 0.3) is 0 Å². The number of nitrogens with one attached hydrogen (secondary N) is 1. The van der Waals surface area contributed by atoms with E-state index in [1.165, 1.54) is 0 Å². The zero-order valence-electron chi connectivity index (χ0n) is 13.2. The quantitative estimate of drug-likeness (QED) is 0.762. The SMILES string of the molecule is CNc1ccc(-c2nccnc2OC(C)c2ccccc2)cc1. The fraction of sp³-hybridized carbons (Fsp3) is 0.158. The van der Waals surface area contributed by atoms with Crippen LogP contribution in [0.3, 0.4) is 0 Å². The lowest BCUT2D eigenvalue weighted by Crippen LogP contribution is -2.06. The second kappa shape index (κ2) is 6.92. The number of aromatic nitrogens is 2. The van der Waals surface area contributed by atoms with Crippen molar-refractivity contribution in [2.45, 2.75) is 13.0 Å². The van der Waals surface area contributed by atoms with E-state index < -0.39 is 0 Å². The first kappa shape index (κ1) is 15.0. The zero-order valence-corrected chi connectivity index (χ0v) is 13.2. The van der Waals surface area contributed by atoms with Crippen LogP contribution in [-0.2, 0) is 0 Å². The minimum absolute atomic E-state index is 0.0942. The Morgan fingerprint density at radius 3 is 2.30 bits per heavy atom. The first-order valence-corrected chi connectivity index (χ1v) is 7.58. The molecule has 0 saturated carbocycles. The van der Waals surface area contributed by atoms with Crippen LogP contribution in [-0.4, -0.2) is 17.0 Å². The number of hydrogen-bond acceptors (Lipinski definition) is 4. The summed E-state index contributed by atoms with van der Waals surface area (Å²) in [7, 11) is 1.90. The zero-order chi connectivity index (χ0) is 16.1. The van der Waals surface area contributed by atoms with Crippen molar-refractivity contribution >= 4 is 5.69 Å². The molecule has 1 atom stereocenters. The number of nitrogens with zero attached hydrogens (tertiary/aromatic N) is 2. The van der Waals surface area contributed by atoms with E-state index in [9.17, 15) is 0 Å². The topological polar surface area (TPSA) is 47.0 Å². The van der Waals surface area contributed by atoms with Gasteiger partial charge in [0.1, 0.15) is 11.8 Å². The highest BCUT2D eigenvalue weighted by Gasteiger charge is 2.13. The Balaban J connectivity index is 1.88. The van der Waals surface area contributed by atoms with Crippen molar-refractivity contribution in [3.8, 4) is 17.1 Å². The van der Waals surface area contributed by atoms with E-state index in [-0.39, 0.29) is 6.10 Å². The highest BCUT2D eigenvalue weighted by Crippen LogP contribution is 2.29. The van der Waals surface area contributed by atoms with Gasteiger partial charge in [-0.05, 0) is 24.6 Å². The van der Waals surface area contributed by atoms with Gasteiger partial charge < -0.3 is 10.1 Å². The Morgan fingerprint density at radius 2 is 1.61 bits per heavy atom. The van der Waals surface area contributed by atoms with Crippen LogP contribution in [0.4, 0.5) is 5.69 Å². The fourth-order valence-electron chi connectivity index (χ4n) is 2.36. The van der Waals surface area contributed by atoms with E-state index in [2.05, 4.69) is 15.3 Å². The second-order valence-corrected chi connectivity index (χ2v) is 5.21. The highest BCUT2D eigenvalue weighted by molar-refractivity contribution is 5.66. The van der Waals surface area contributed by atoms with Crippen molar-refractivity contribution in [1.29, 1.82) is 0 Å². The minimum atomic E-state index is -0.0942. The third-order valence-electron chi connectivity index (χ3n) is 3.67. The third kappa shape index (κ3) is 3.48. The molecule has 2 aromatic carbocycles. The lowest BCUT2D eigenvalue weighted by Gasteiger charge is -2.16. The van der Waals surface area contributed by atoms with Crippen molar-refractivity contribution in [3.63, 3.8) is 0 Å². The van der Waals surface area contributed by atoms with Gasteiger partial charge >= 0.3 is 0 Å². The second-order valence-electron chi connectivity index (χ2n) is 5.21. The Hall–Kier alpha value is -2.88. The lowest BCUT2D eigenvalue weighted by atomic mass is 10.1. The first-order chi connectivity index (χ1) is 11.3. The maximum absolute atomic E-state index is 6.05. The molecule has 0 fully saturated rings.